The minimum Gasteiger partial charge on any atom is -0.376 e. The molecule has 1 aromatic rings. The zero-order valence-corrected chi connectivity index (χ0v) is 28.5. The quantitative estimate of drug-likeness (QED) is 0.0666. The molecule has 2 bridgehead atoms. The highest BCUT2D eigenvalue weighted by Gasteiger charge is 2.46. The first-order chi connectivity index (χ1) is 20.8. The fourth-order valence-corrected chi connectivity index (χ4v) is 7.58. The Morgan fingerprint density at radius 2 is 1.42 bits per heavy atom. The Morgan fingerprint density at radius 1 is 0.860 bits per heavy atom. The molecule has 7 nitrogen and oxygen atoms in total. The normalized spacial score (nSPS) is 24.6. The monoisotopic (exact) mass is 624 g/mol. The minimum absolute atomic E-state index is 0.0516. The Morgan fingerprint density at radius 3 is 1.98 bits per heavy atom. The molecule has 0 saturated carbocycles. The van der Waals surface area contributed by atoms with E-state index in [9.17, 15) is 9.46 Å². The molecular weight excluding hydrogens is 561 g/mol. The predicted molar refractivity (Wildman–Crippen MR) is 175 cm³/mol. The van der Waals surface area contributed by atoms with E-state index < -0.39 is 13.9 Å². The third-order valence-corrected chi connectivity index (χ3v) is 10.6. The molecular formula is C35H63NO6P+. The molecule has 0 spiro atoms. The SMILES string of the molecule is CCCCCCCCCCCCCCCCOC(C)C(COP(=O)(O)OC1C[N+]2(C)CCC1CC2)OCc1ccccc1. The number of piperidine rings is 3. The number of hydrogen-bond donors (Lipinski definition) is 1. The van der Waals surface area contributed by atoms with E-state index in [1.54, 1.807) is 0 Å². The molecule has 0 amide bonds. The number of phosphoric ester groups is 1. The first-order valence-corrected chi connectivity index (χ1v) is 19.1. The van der Waals surface area contributed by atoms with Crippen LogP contribution in [-0.2, 0) is 29.7 Å². The van der Waals surface area contributed by atoms with Crippen LogP contribution in [0.3, 0.4) is 0 Å². The number of quaternary nitrogens is 1. The molecule has 248 valence electrons. The highest BCUT2D eigenvalue weighted by molar-refractivity contribution is 7.47. The standard InChI is InChI=1S/C35H62NO6P/c1-4-5-6-7-8-9-10-11-12-13-14-15-16-20-27-39-31(2)35(40-29-32-21-18-17-19-22-32)30-41-43(37,38)42-34-28-36(3)25-23-33(34)24-26-36/h17-19,21-22,31,33-35H,4-16,20,23-30H2,1-3H3/p+1. The second kappa shape index (κ2) is 20.4. The van der Waals surface area contributed by atoms with Crippen molar-refractivity contribution >= 4 is 7.82 Å². The highest BCUT2D eigenvalue weighted by Crippen LogP contribution is 2.49. The van der Waals surface area contributed by atoms with Gasteiger partial charge in [-0.1, -0.05) is 121 Å². The fourth-order valence-electron chi connectivity index (χ4n) is 6.61. The van der Waals surface area contributed by atoms with E-state index in [0.717, 1.165) is 55.4 Å². The van der Waals surface area contributed by atoms with Gasteiger partial charge in [-0.15, -0.1) is 0 Å². The number of nitrogens with zero attached hydrogens (tertiary/aromatic N) is 1. The van der Waals surface area contributed by atoms with Gasteiger partial charge in [0.2, 0.25) is 0 Å². The largest absolute Gasteiger partial charge is 0.472 e. The summed E-state index contributed by atoms with van der Waals surface area (Å²) < 4.78 is 37.5. The zero-order chi connectivity index (χ0) is 30.8. The molecule has 0 aliphatic carbocycles. The van der Waals surface area contributed by atoms with E-state index in [-0.39, 0.29) is 18.8 Å². The average Bonchev–Trinajstić information content (AvgIpc) is 2.99. The van der Waals surface area contributed by atoms with Crippen LogP contribution in [0.25, 0.3) is 0 Å². The molecule has 0 radical (unpaired) electrons. The van der Waals surface area contributed by atoms with E-state index in [0.29, 0.717) is 19.1 Å². The summed E-state index contributed by atoms with van der Waals surface area (Å²) in [6.07, 6.45) is 19.6. The maximum atomic E-state index is 13.0. The van der Waals surface area contributed by atoms with Crippen molar-refractivity contribution in [3.63, 3.8) is 0 Å². The van der Waals surface area contributed by atoms with Gasteiger partial charge in [0.05, 0.1) is 39.5 Å². The molecule has 3 aliphatic heterocycles. The zero-order valence-electron chi connectivity index (χ0n) is 27.6. The number of ether oxygens (including phenoxy) is 2. The van der Waals surface area contributed by atoms with E-state index in [4.69, 9.17) is 18.5 Å². The summed E-state index contributed by atoms with van der Waals surface area (Å²) in [6, 6.07) is 9.95. The molecule has 1 aromatic carbocycles. The van der Waals surface area contributed by atoms with Crippen molar-refractivity contribution in [2.24, 2.45) is 5.92 Å². The first-order valence-electron chi connectivity index (χ1n) is 17.6. The van der Waals surface area contributed by atoms with Crippen LogP contribution in [-0.4, -0.2) is 67.6 Å². The molecule has 0 aromatic heterocycles. The van der Waals surface area contributed by atoms with Crippen molar-refractivity contribution in [3.05, 3.63) is 35.9 Å². The number of rotatable bonds is 25. The molecule has 3 fully saturated rings. The third-order valence-electron chi connectivity index (χ3n) is 9.61. The lowest BCUT2D eigenvalue weighted by molar-refractivity contribution is -0.928. The van der Waals surface area contributed by atoms with Crippen LogP contribution in [0.2, 0.25) is 0 Å². The third kappa shape index (κ3) is 14.9. The van der Waals surface area contributed by atoms with Gasteiger partial charge in [-0.2, -0.15) is 0 Å². The summed E-state index contributed by atoms with van der Waals surface area (Å²) >= 11 is 0. The van der Waals surface area contributed by atoms with Crippen molar-refractivity contribution in [1.82, 2.24) is 0 Å². The second-order valence-corrected chi connectivity index (χ2v) is 14.9. The number of phosphoric acid groups is 1. The van der Waals surface area contributed by atoms with Gasteiger partial charge in [0.15, 0.2) is 0 Å². The van der Waals surface area contributed by atoms with Gasteiger partial charge in [-0.25, -0.2) is 4.57 Å². The van der Waals surface area contributed by atoms with Gasteiger partial charge in [-0.3, -0.25) is 9.05 Å². The van der Waals surface area contributed by atoms with Crippen LogP contribution in [0.15, 0.2) is 30.3 Å². The van der Waals surface area contributed by atoms with E-state index >= 15 is 0 Å². The van der Waals surface area contributed by atoms with Crippen LogP contribution in [0.4, 0.5) is 0 Å². The number of fused-ring (bicyclic) bond motifs is 3. The smallest absolute Gasteiger partial charge is 0.376 e. The molecule has 43 heavy (non-hydrogen) atoms. The Balaban J connectivity index is 1.31. The summed E-state index contributed by atoms with van der Waals surface area (Å²) in [4.78, 5) is 10.6. The lowest BCUT2D eigenvalue weighted by Gasteiger charge is -2.50. The van der Waals surface area contributed by atoms with Crippen LogP contribution in [0.1, 0.15) is 122 Å². The van der Waals surface area contributed by atoms with E-state index in [2.05, 4.69) is 14.0 Å². The van der Waals surface area contributed by atoms with Gasteiger partial charge >= 0.3 is 7.82 Å². The van der Waals surface area contributed by atoms with Crippen molar-refractivity contribution in [3.8, 4) is 0 Å². The van der Waals surface area contributed by atoms with Crippen LogP contribution >= 0.6 is 7.82 Å². The molecule has 3 saturated heterocycles. The van der Waals surface area contributed by atoms with Gasteiger partial charge in [0, 0.05) is 25.4 Å². The fraction of sp³-hybridized carbons (Fsp3) is 0.829. The molecule has 4 rings (SSSR count). The predicted octanol–water partition coefficient (Wildman–Crippen LogP) is 8.83. The summed E-state index contributed by atoms with van der Waals surface area (Å²) in [5, 5.41) is 0. The number of likely N-dealkylation sites (N-methyl/N-ethyl adjacent to an activating group) is 1. The lowest BCUT2D eigenvalue weighted by atomic mass is 9.84. The van der Waals surface area contributed by atoms with Crippen LogP contribution in [0, 0.1) is 5.92 Å². The van der Waals surface area contributed by atoms with Gasteiger partial charge in [0.1, 0.15) is 18.8 Å². The summed E-state index contributed by atoms with van der Waals surface area (Å²) in [5.74, 6) is 0.335. The molecule has 8 heteroatoms. The second-order valence-electron chi connectivity index (χ2n) is 13.5. The van der Waals surface area contributed by atoms with E-state index in [1.165, 1.54) is 77.0 Å². The summed E-state index contributed by atoms with van der Waals surface area (Å²) in [7, 11) is -2.01. The van der Waals surface area contributed by atoms with Gasteiger partial charge in [0.25, 0.3) is 0 Å². The molecule has 3 heterocycles. The highest BCUT2D eigenvalue weighted by atomic mass is 31.2. The topological polar surface area (TPSA) is 74.2 Å². The maximum absolute atomic E-state index is 13.0. The van der Waals surface area contributed by atoms with Crippen LogP contribution < -0.4 is 0 Å². The van der Waals surface area contributed by atoms with Crippen LogP contribution in [0.5, 0.6) is 0 Å². The maximum Gasteiger partial charge on any atom is 0.472 e. The number of hydrogen-bond acceptors (Lipinski definition) is 5. The molecule has 4 atom stereocenters. The molecule has 4 unspecified atom stereocenters. The number of benzene rings is 1. The summed E-state index contributed by atoms with van der Waals surface area (Å²) in [5.41, 5.74) is 1.04. The Bertz CT molecular complexity index is 894. The Kier molecular flexibility index (Phi) is 17.4. The van der Waals surface area contributed by atoms with Gasteiger partial charge in [-0.05, 0) is 18.9 Å². The molecule has 3 aliphatic rings. The summed E-state index contributed by atoms with van der Waals surface area (Å²) in [6.45, 7) is 8.23. The Labute approximate surface area is 263 Å². The minimum atomic E-state index is -4.22. The van der Waals surface area contributed by atoms with Crippen molar-refractivity contribution in [2.45, 2.75) is 141 Å². The number of unbranched alkanes of at least 4 members (excludes halogenated alkanes) is 13. The van der Waals surface area contributed by atoms with E-state index in [1.807, 2.05) is 37.3 Å². The first kappa shape index (κ1) is 36.7. The Hall–Kier alpha value is -0.790. The van der Waals surface area contributed by atoms with Gasteiger partial charge < -0.3 is 18.9 Å². The average molecular weight is 625 g/mol. The van der Waals surface area contributed by atoms with Crippen molar-refractivity contribution < 1.29 is 32.5 Å². The van der Waals surface area contributed by atoms with Crippen molar-refractivity contribution in [1.29, 1.82) is 0 Å². The lowest BCUT2D eigenvalue weighted by Crippen LogP contribution is -2.61. The molecule has 1 N–H and O–H groups in total. The van der Waals surface area contributed by atoms with Crippen molar-refractivity contribution in [2.75, 3.05) is 39.9 Å².